The molecule has 1 atom stereocenters. The summed E-state index contributed by atoms with van der Waals surface area (Å²) in [5.41, 5.74) is 1.65. The third-order valence-corrected chi connectivity index (χ3v) is 5.37. The molecule has 2 aromatic heterocycles. The molecule has 2 N–H and O–H groups in total. The highest BCUT2D eigenvalue weighted by molar-refractivity contribution is 6.05. The number of fused-ring (bicyclic) bond motifs is 2. The van der Waals surface area contributed by atoms with Gasteiger partial charge in [-0.3, -0.25) is 0 Å². The number of nitrogens with zero attached hydrogens (tertiary/aromatic N) is 3. The molecular formula is C21H16FN5O3. The summed E-state index contributed by atoms with van der Waals surface area (Å²) >= 11 is 0. The molecular weight excluding hydrogens is 389 g/mol. The number of para-hydroxylation sites is 1. The molecule has 0 spiro atoms. The zero-order valence-electron chi connectivity index (χ0n) is 16.1. The van der Waals surface area contributed by atoms with Crippen molar-refractivity contribution >= 4 is 22.7 Å². The molecule has 0 amide bonds. The van der Waals surface area contributed by atoms with Crippen LogP contribution in [0.2, 0.25) is 0 Å². The second kappa shape index (κ2) is 6.51. The van der Waals surface area contributed by atoms with Crippen molar-refractivity contribution < 1.29 is 18.7 Å². The van der Waals surface area contributed by atoms with Gasteiger partial charge < -0.3 is 19.8 Å². The van der Waals surface area contributed by atoms with E-state index in [1.54, 1.807) is 12.3 Å². The predicted molar refractivity (Wildman–Crippen MR) is 106 cm³/mol. The SMILES string of the molecule is COC(=O)C1(c2ccc(OC)c(F)c2)Nc2ccccc2-c2nnnc3[nH]cc1c23. The summed E-state index contributed by atoms with van der Waals surface area (Å²) in [6.07, 6.45) is 1.64. The van der Waals surface area contributed by atoms with Gasteiger partial charge in [-0.25, -0.2) is 9.18 Å². The molecule has 0 saturated heterocycles. The number of aromatic amines is 1. The second-order valence-corrected chi connectivity index (χ2v) is 6.83. The summed E-state index contributed by atoms with van der Waals surface area (Å²) < 4.78 is 25.0. The minimum absolute atomic E-state index is 0.0694. The average Bonchev–Trinajstić information content (AvgIpc) is 3.16. The van der Waals surface area contributed by atoms with Gasteiger partial charge in [0.1, 0.15) is 5.69 Å². The lowest BCUT2D eigenvalue weighted by Gasteiger charge is -2.33. The summed E-state index contributed by atoms with van der Waals surface area (Å²) in [5.74, 6) is -1.15. The number of methoxy groups -OCH3 is 2. The first-order chi connectivity index (χ1) is 14.6. The van der Waals surface area contributed by atoms with Crippen molar-refractivity contribution in [2.24, 2.45) is 0 Å². The van der Waals surface area contributed by atoms with E-state index < -0.39 is 17.3 Å². The Bertz CT molecular complexity index is 1310. The third-order valence-electron chi connectivity index (χ3n) is 5.37. The summed E-state index contributed by atoms with van der Waals surface area (Å²) in [4.78, 5) is 16.4. The van der Waals surface area contributed by atoms with Gasteiger partial charge >= 0.3 is 5.97 Å². The van der Waals surface area contributed by atoms with Gasteiger partial charge in [0, 0.05) is 23.0 Å². The minimum Gasteiger partial charge on any atom is -0.494 e. The lowest BCUT2D eigenvalue weighted by atomic mass is 9.82. The fraction of sp³-hybridized carbons (Fsp3) is 0.143. The van der Waals surface area contributed by atoms with Crippen molar-refractivity contribution in [3.63, 3.8) is 0 Å². The van der Waals surface area contributed by atoms with Crippen LogP contribution in [0.15, 0.2) is 48.7 Å². The Morgan fingerprint density at radius 3 is 2.73 bits per heavy atom. The van der Waals surface area contributed by atoms with Crippen LogP contribution in [0.5, 0.6) is 5.75 Å². The molecule has 2 aromatic carbocycles. The molecule has 0 saturated carbocycles. The zero-order chi connectivity index (χ0) is 20.9. The van der Waals surface area contributed by atoms with E-state index in [0.717, 1.165) is 5.56 Å². The summed E-state index contributed by atoms with van der Waals surface area (Å²) in [6, 6.07) is 11.7. The number of hydrogen-bond acceptors (Lipinski definition) is 7. The van der Waals surface area contributed by atoms with Gasteiger partial charge in [0.05, 0.1) is 19.6 Å². The van der Waals surface area contributed by atoms with E-state index in [0.29, 0.717) is 33.5 Å². The number of carbonyl (C=O) groups excluding carboxylic acids is 1. The molecule has 0 fully saturated rings. The number of nitrogens with one attached hydrogen (secondary N) is 2. The molecule has 9 heteroatoms. The number of hydrogen-bond donors (Lipinski definition) is 2. The van der Waals surface area contributed by atoms with E-state index in [1.165, 1.54) is 26.4 Å². The molecule has 1 unspecified atom stereocenters. The fourth-order valence-electron chi connectivity index (χ4n) is 4.00. The van der Waals surface area contributed by atoms with Crippen molar-refractivity contribution in [1.82, 2.24) is 20.4 Å². The molecule has 30 heavy (non-hydrogen) atoms. The van der Waals surface area contributed by atoms with Crippen LogP contribution in [-0.4, -0.2) is 40.6 Å². The molecule has 150 valence electrons. The van der Waals surface area contributed by atoms with Crippen LogP contribution >= 0.6 is 0 Å². The van der Waals surface area contributed by atoms with Crippen LogP contribution in [0, 0.1) is 5.82 Å². The van der Waals surface area contributed by atoms with Gasteiger partial charge in [0.15, 0.2) is 22.8 Å². The van der Waals surface area contributed by atoms with Crippen molar-refractivity contribution in [2.45, 2.75) is 5.54 Å². The van der Waals surface area contributed by atoms with Crippen molar-refractivity contribution in [1.29, 1.82) is 0 Å². The molecule has 5 rings (SSSR count). The van der Waals surface area contributed by atoms with Crippen molar-refractivity contribution in [3.8, 4) is 17.0 Å². The molecule has 0 aliphatic carbocycles. The Balaban J connectivity index is 1.92. The largest absolute Gasteiger partial charge is 0.494 e. The van der Waals surface area contributed by atoms with Crippen LogP contribution < -0.4 is 10.1 Å². The van der Waals surface area contributed by atoms with Crippen LogP contribution in [0.25, 0.3) is 22.3 Å². The van der Waals surface area contributed by atoms with E-state index in [1.807, 2.05) is 24.3 Å². The number of anilines is 1. The van der Waals surface area contributed by atoms with Crippen LogP contribution in [0.3, 0.4) is 0 Å². The normalized spacial score (nSPS) is 17.0. The van der Waals surface area contributed by atoms with E-state index >= 15 is 0 Å². The minimum atomic E-state index is -1.56. The van der Waals surface area contributed by atoms with Gasteiger partial charge in [-0.05, 0) is 29.0 Å². The number of rotatable bonds is 3. The smallest absolute Gasteiger partial charge is 0.341 e. The van der Waals surface area contributed by atoms with Gasteiger partial charge in [-0.1, -0.05) is 24.3 Å². The Kier molecular flexibility index (Phi) is 3.92. The predicted octanol–water partition coefficient (Wildman–Crippen LogP) is 3.01. The Morgan fingerprint density at radius 1 is 1.13 bits per heavy atom. The molecule has 4 aromatic rings. The number of carbonyl (C=O) groups is 1. The molecule has 1 aliphatic heterocycles. The van der Waals surface area contributed by atoms with Gasteiger partial charge in [0.2, 0.25) is 0 Å². The summed E-state index contributed by atoms with van der Waals surface area (Å²) in [6.45, 7) is 0. The topological polar surface area (TPSA) is 102 Å². The number of halogens is 1. The van der Waals surface area contributed by atoms with Crippen LogP contribution in [0.4, 0.5) is 10.1 Å². The third kappa shape index (κ3) is 2.32. The Hall–Kier alpha value is -4.01. The summed E-state index contributed by atoms with van der Waals surface area (Å²) in [5, 5.41) is 16.0. The van der Waals surface area contributed by atoms with Crippen LogP contribution in [-0.2, 0) is 15.1 Å². The highest BCUT2D eigenvalue weighted by atomic mass is 19.1. The molecule has 0 radical (unpaired) electrons. The first-order valence-electron chi connectivity index (χ1n) is 9.11. The number of H-pyrrole nitrogens is 1. The lowest BCUT2D eigenvalue weighted by Crippen LogP contribution is -2.45. The van der Waals surface area contributed by atoms with E-state index in [2.05, 4.69) is 25.7 Å². The number of benzene rings is 2. The van der Waals surface area contributed by atoms with Crippen LogP contribution in [0.1, 0.15) is 11.1 Å². The zero-order valence-corrected chi connectivity index (χ0v) is 16.1. The molecule has 1 aliphatic rings. The van der Waals surface area contributed by atoms with E-state index in [-0.39, 0.29) is 5.75 Å². The molecule has 8 nitrogen and oxygen atoms in total. The lowest BCUT2D eigenvalue weighted by molar-refractivity contribution is -0.144. The number of ether oxygens (including phenoxy) is 2. The Morgan fingerprint density at radius 2 is 1.97 bits per heavy atom. The van der Waals surface area contributed by atoms with E-state index in [9.17, 15) is 9.18 Å². The number of aromatic nitrogens is 4. The molecule has 3 heterocycles. The standard InChI is InChI=1S/C21H16FN5O3/c1-29-16-8-7-11(9-14(16)22)21(20(28)30-2)13-10-23-19-17(13)18(25-27-26-19)12-5-3-4-6-15(12)24-21/h3-10,24H,1-2H3,(H,23,25,26). The van der Waals surface area contributed by atoms with Gasteiger partial charge in [-0.2, -0.15) is 0 Å². The highest BCUT2D eigenvalue weighted by Crippen LogP contribution is 2.46. The first-order valence-corrected chi connectivity index (χ1v) is 9.11. The fourth-order valence-corrected chi connectivity index (χ4v) is 4.00. The Labute approximate surface area is 170 Å². The first kappa shape index (κ1) is 18.0. The van der Waals surface area contributed by atoms with Gasteiger partial charge in [-0.15, -0.1) is 10.2 Å². The molecule has 0 bridgehead atoms. The summed E-state index contributed by atoms with van der Waals surface area (Å²) in [7, 11) is 2.67. The number of esters is 1. The van der Waals surface area contributed by atoms with Crippen molar-refractivity contribution in [3.05, 3.63) is 65.6 Å². The van der Waals surface area contributed by atoms with Crippen molar-refractivity contribution in [2.75, 3.05) is 19.5 Å². The maximum atomic E-state index is 14.7. The average molecular weight is 405 g/mol. The van der Waals surface area contributed by atoms with E-state index in [4.69, 9.17) is 9.47 Å². The quantitative estimate of drug-likeness (QED) is 0.505. The maximum Gasteiger partial charge on any atom is 0.341 e. The second-order valence-electron chi connectivity index (χ2n) is 6.83. The maximum absolute atomic E-state index is 14.7. The van der Waals surface area contributed by atoms with Gasteiger partial charge in [0.25, 0.3) is 0 Å². The highest BCUT2D eigenvalue weighted by Gasteiger charge is 2.48. The monoisotopic (exact) mass is 405 g/mol.